The largest absolute Gasteiger partial charge is 0.391 e. The van der Waals surface area contributed by atoms with Crippen LogP contribution < -0.4 is 5.32 Å². The Hall–Kier alpha value is -1.20. The molecule has 1 atom stereocenters. The van der Waals surface area contributed by atoms with Gasteiger partial charge in [0.2, 0.25) is 0 Å². The van der Waals surface area contributed by atoms with Crippen molar-refractivity contribution >= 4 is 27.4 Å². The molecule has 0 aromatic carbocycles. The zero-order chi connectivity index (χ0) is 11.4. The van der Waals surface area contributed by atoms with Crippen molar-refractivity contribution in [3.8, 4) is 0 Å². The SMILES string of the molecule is CCCC(O)CNc1ncnc2sccc12. The highest BCUT2D eigenvalue weighted by Gasteiger charge is 2.06. The molecule has 0 saturated carbocycles. The van der Waals surface area contributed by atoms with Gasteiger partial charge in [0.05, 0.1) is 11.5 Å². The first-order chi connectivity index (χ1) is 7.81. The van der Waals surface area contributed by atoms with Crippen LogP contribution in [0.25, 0.3) is 10.2 Å². The smallest absolute Gasteiger partial charge is 0.138 e. The summed E-state index contributed by atoms with van der Waals surface area (Å²) in [5, 5.41) is 15.8. The number of thiophene rings is 1. The third-order valence-corrected chi connectivity index (χ3v) is 3.21. The fourth-order valence-corrected chi connectivity index (χ4v) is 2.31. The summed E-state index contributed by atoms with van der Waals surface area (Å²) in [7, 11) is 0. The molecule has 0 aliphatic carbocycles. The fraction of sp³-hybridized carbons (Fsp3) is 0.455. The maximum Gasteiger partial charge on any atom is 0.138 e. The van der Waals surface area contributed by atoms with Crippen molar-refractivity contribution in [1.82, 2.24) is 9.97 Å². The molecule has 2 aromatic heterocycles. The zero-order valence-electron chi connectivity index (χ0n) is 9.18. The molecule has 0 aliphatic rings. The molecule has 0 fully saturated rings. The van der Waals surface area contributed by atoms with E-state index in [1.807, 2.05) is 11.4 Å². The maximum atomic E-state index is 9.63. The van der Waals surface area contributed by atoms with Crippen molar-refractivity contribution in [3.05, 3.63) is 17.8 Å². The first-order valence-corrected chi connectivity index (χ1v) is 6.29. The molecule has 2 rings (SSSR count). The summed E-state index contributed by atoms with van der Waals surface area (Å²) in [6, 6.07) is 1.99. The predicted molar refractivity (Wildman–Crippen MR) is 66.8 cm³/mol. The summed E-state index contributed by atoms with van der Waals surface area (Å²) in [6.07, 6.45) is 3.03. The number of aliphatic hydroxyl groups excluding tert-OH is 1. The standard InChI is InChI=1S/C11H15N3OS/c1-2-3-8(15)6-12-10-9-4-5-16-11(9)14-7-13-10/h4-5,7-8,15H,2-3,6H2,1H3,(H,12,13,14). The van der Waals surface area contributed by atoms with Crippen LogP contribution in [0.5, 0.6) is 0 Å². The second kappa shape index (κ2) is 5.23. The van der Waals surface area contributed by atoms with Gasteiger partial charge in [0, 0.05) is 6.54 Å². The van der Waals surface area contributed by atoms with Gasteiger partial charge >= 0.3 is 0 Å². The summed E-state index contributed by atoms with van der Waals surface area (Å²) >= 11 is 1.59. The van der Waals surface area contributed by atoms with E-state index in [2.05, 4.69) is 22.2 Å². The second-order valence-electron chi connectivity index (χ2n) is 3.69. The van der Waals surface area contributed by atoms with Crippen LogP contribution in [0.4, 0.5) is 5.82 Å². The van der Waals surface area contributed by atoms with E-state index in [0.29, 0.717) is 6.54 Å². The minimum absolute atomic E-state index is 0.311. The number of aliphatic hydroxyl groups is 1. The van der Waals surface area contributed by atoms with Gasteiger partial charge in [-0.25, -0.2) is 9.97 Å². The van der Waals surface area contributed by atoms with E-state index in [9.17, 15) is 5.11 Å². The minimum Gasteiger partial charge on any atom is -0.391 e. The predicted octanol–water partition coefficient (Wildman–Crippen LogP) is 2.26. The van der Waals surface area contributed by atoms with Crippen molar-refractivity contribution in [2.75, 3.05) is 11.9 Å². The summed E-state index contributed by atoms with van der Waals surface area (Å²) in [6.45, 7) is 2.60. The Morgan fingerprint density at radius 3 is 3.19 bits per heavy atom. The Morgan fingerprint density at radius 1 is 1.50 bits per heavy atom. The third kappa shape index (κ3) is 2.48. The van der Waals surface area contributed by atoms with Gasteiger partial charge in [-0.05, 0) is 17.9 Å². The highest BCUT2D eigenvalue weighted by atomic mass is 32.1. The molecule has 0 amide bonds. The Labute approximate surface area is 98.4 Å². The van der Waals surface area contributed by atoms with E-state index in [-0.39, 0.29) is 6.10 Å². The van der Waals surface area contributed by atoms with Crippen LogP contribution in [0.3, 0.4) is 0 Å². The normalized spacial score (nSPS) is 12.9. The van der Waals surface area contributed by atoms with E-state index in [1.54, 1.807) is 17.7 Å². The van der Waals surface area contributed by atoms with Crippen molar-refractivity contribution in [2.45, 2.75) is 25.9 Å². The maximum absolute atomic E-state index is 9.63. The highest BCUT2D eigenvalue weighted by molar-refractivity contribution is 7.16. The van der Waals surface area contributed by atoms with Crippen LogP contribution in [0.15, 0.2) is 17.8 Å². The lowest BCUT2D eigenvalue weighted by Gasteiger charge is -2.11. The summed E-state index contributed by atoms with van der Waals surface area (Å²) in [5.41, 5.74) is 0. The molecule has 0 saturated heterocycles. The molecule has 2 N–H and O–H groups in total. The van der Waals surface area contributed by atoms with E-state index < -0.39 is 0 Å². The Morgan fingerprint density at radius 2 is 2.38 bits per heavy atom. The van der Waals surface area contributed by atoms with Crippen LogP contribution >= 0.6 is 11.3 Å². The van der Waals surface area contributed by atoms with Gasteiger partial charge in [0.15, 0.2) is 0 Å². The fourth-order valence-electron chi connectivity index (χ4n) is 1.58. The van der Waals surface area contributed by atoms with Crippen molar-refractivity contribution < 1.29 is 5.11 Å². The van der Waals surface area contributed by atoms with Gasteiger partial charge in [-0.1, -0.05) is 13.3 Å². The number of nitrogens with zero attached hydrogens (tertiary/aromatic N) is 2. The topological polar surface area (TPSA) is 58.0 Å². The summed E-state index contributed by atoms with van der Waals surface area (Å²) in [5.74, 6) is 0.807. The minimum atomic E-state index is -0.311. The highest BCUT2D eigenvalue weighted by Crippen LogP contribution is 2.23. The number of hydrogen-bond acceptors (Lipinski definition) is 5. The molecule has 0 radical (unpaired) electrons. The lowest BCUT2D eigenvalue weighted by molar-refractivity contribution is 0.176. The second-order valence-corrected chi connectivity index (χ2v) is 4.58. The first kappa shape index (κ1) is 11.3. The Bertz CT molecular complexity index is 457. The molecule has 1 unspecified atom stereocenters. The lowest BCUT2D eigenvalue weighted by Crippen LogP contribution is -2.19. The molecule has 0 bridgehead atoms. The van der Waals surface area contributed by atoms with E-state index in [4.69, 9.17) is 0 Å². The molecule has 4 nitrogen and oxygen atoms in total. The molecule has 86 valence electrons. The number of aromatic nitrogens is 2. The van der Waals surface area contributed by atoms with Crippen LogP contribution in [0, 0.1) is 0 Å². The van der Waals surface area contributed by atoms with Crippen LogP contribution in [-0.2, 0) is 0 Å². The number of fused-ring (bicyclic) bond motifs is 1. The number of hydrogen-bond donors (Lipinski definition) is 2. The number of nitrogens with one attached hydrogen (secondary N) is 1. The first-order valence-electron chi connectivity index (χ1n) is 5.41. The number of anilines is 1. The molecule has 5 heteroatoms. The molecule has 2 aromatic rings. The molecule has 2 heterocycles. The average molecular weight is 237 g/mol. The molecular formula is C11H15N3OS. The van der Waals surface area contributed by atoms with Gasteiger partial charge in [-0.15, -0.1) is 11.3 Å². The van der Waals surface area contributed by atoms with Gasteiger partial charge in [-0.2, -0.15) is 0 Å². The lowest BCUT2D eigenvalue weighted by atomic mass is 10.2. The van der Waals surface area contributed by atoms with Gasteiger partial charge in [0.25, 0.3) is 0 Å². The average Bonchev–Trinajstić information content (AvgIpc) is 2.75. The Balaban J connectivity index is 2.06. The summed E-state index contributed by atoms with van der Waals surface area (Å²) in [4.78, 5) is 9.33. The summed E-state index contributed by atoms with van der Waals surface area (Å²) < 4.78 is 0. The van der Waals surface area contributed by atoms with Crippen molar-refractivity contribution in [1.29, 1.82) is 0 Å². The van der Waals surface area contributed by atoms with Crippen molar-refractivity contribution in [2.24, 2.45) is 0 Å². The van der Waals surface area contributed by atoms with Gasteiger partial charge in [-0.3, -0.25) is 0 Å². The molecule has 16 heavy (non-hydrogen) atoms. The van der Waals surface area contributed by atoms with Crippen molar-refractivity contribution in [3.63, 3.8) is 0 Å². The van der Waals surface area contributed by atoms with Crippen LogP contribution in [0.2, 0.25) is 0 Å². The quantitative estimate of drug-likeness (QED) is 0.837. The van der Waals surface area contributed by atoms with Gasteiger partial charge < -0.3 is 10.4 Å². The van der Waals surface area contributed by atoms with E-state index >= 15 is 0 Å². The zero-order valence-corrected chi connectivity index (χ0v) is 10.00. The molecule has 0 aliphatic heterocycles. The Kier molecular flexibility index (Phi) is 3.69. The van der Waals surface area contributed by atoms with E-state index in [1.165, 1.54) is 0 Å². The monoisotopic (exact) mass is 237 g/mol. The van der Waals surface area contributed by atoms with E-state index in [0.717, 1.165) is 28.9 Å². The van der Waals surface area contributed by atoms with Crippen LogP contribution in [-0.4, -0.2) is 27.7 Å². The van der Waals surface area contributed by atoms with Crippen LogP contribution in [0.1, 0.15) is 19.8 Å². The number of rotatable bonds is 5. The third-order valence-electron chi connectivity index (χ3n) is 2.39. The molecular weight excluding hydrogens is 222 g/mol. The van der Waals surface area contributed by atoms with Gasteiger partial charge in [0.1, 0.15) is 17.0 Å². The molecule has 0 spiro atoms.